The van der Waals surface area contributed by atoms with Crippen LogP contribution in [0.5, 0.6) is 0 Å². The molecule has 2 aliphatic heterocycles. The van der Waals surface area contributed by atoms with Crippen LogP contribution in [0.1, 0.15) is 63.4 Å². The smallest absolute Gasteiger partial charge is 0.338 e. The highest BCUT2D eigenvalue weighted by atomic mass is 32.1. The van der Waals surface area contributed by atoms with Gasteiger partial charge < -0.3 is 15.3 Å². The molecule has 7 nitrogen and oxygen atoms in total. The Morgan fingerprint density at radius 1 is 1.09 bits per heavy atom. The molecule has 2 unspecified atom stereocenters. The molecular weight excluding hydrogens is 424 g/mol. The van der Waals surface area contributed by atoms with E-state index in [0.717, 1.165) is 62.0 Å². The number of hydrogen-bond acceptors (Lipinski definition) is 5. The molecule has 0 spiro atoms. The number of nitrogens with one attached hydrogen (secondary N) is 1. The molecule has 3 aliphatic rings. The Hall–Kier alpha value is -1.90. The summed E-state index contributed by atoms with van der Waals surface area (Å²) in [5.74, 6) is -0.445. The minimum absolute atomic E-state index is 0.0524. The number of thiocarbonyl (C=S) groups is 1. The van der Waals surface area contributed by atoms with Crippen molar-refractivity contribution >= 4 is 29.0 Å². The van der Waals surface area contributed by atoms with E-state index in [2.05, 4.69) is 10.3 Å². The summed E-state index contributed by atoms with van der Waals surface area (Å²) in [7, 11) is 0. The summed E-state index contributed by atoms with van der Waals surface area (Å²) in [6.45, 7) is 1.77. The SMILES string of the molecule is O=C(NC1CCCCC1)C(O)[N+]1(C(=O)C2CCCN2C(=S)Cc2ccncc2)CCCC1. The van der Waals surface area contributed by atoms with Gasteiger partial charge in [-0.15, -0.1) is 0 Å². The van der Waals surface area contributed by atoms with Gasteiger partial charge in [-0.05, 0) is 43.4 Å². The number of amides is 2. The quantitative estimate of drug-likeness (QED) is 0.502. The van der Waals surface area contributed by atoms with E-state index in [9.17, 15) is 14.7 Å². The zero-order valence-corrected chi connectivity index (χ0v) is 19.6. The van der Waals surface area contributed by atoms with Crippen molar-refractivity contribution in [2.75, 3.05) is 19.6 Å². The molecular formula is C24H35N4O3S+. The second kappa shape index (κ2) is 10.4. The summed E-state index contributed by atoms with van der Waals surface area (Å²) in [5.41, 5.74) is 1.07. The molecule has 2 amide bonds. The van der Waals surface area contributed by atoms with Crippen LogP contribution in [0.15, 0.2) is 24.5 Å². The van der Waals surface area contributed by atoms with E-state index in [-0.39, 0.29) is 22.5 Å². The van der Waals surface area contributed by atoms with Gasteiger partial charge in [-0.1, -0.05) is 31.5 Å². The molecule has 0 aromatic carbocycles. The van der Waals surface area contributed by atoms with Gasteiger partial charge in [-0.2, -0.15) is 0 Å². The molecule has 3 heterocycles. The first kappa shape index (κ1) is 23.3. The van der Waals surface area contributed by atoms with Crippen molar-refractivity contribution < 1.29 is 19.2 Å². The zero-order chi connectivity index (χ0) is 22.6. The summed E-state index contributed by atoms with van der Waals surface area (Å²) in [4.78, 5) is 33.7. The Balaban J connectivity index is 1.47. The van der Waals surface area contributed by atoms with E-state index in [1.54, 1.807) is 12.4 Å². The topological polar surface area (TPSA) is 82.5 Å². The maximum atomic E-state index is 13.9. The van der Waals surface area contributed by atoms with Crippen molar-refractivity contribution in [3.63, 3.8) is 0 Å². The number of pyridine rings is 1. The Morgan fingerprint density at radius 3 is 2.47 bits per heavy atom. The van der Waals surface area contributed by atoms with Crippen molar-refractivity contribution in [3.05, 3.63) is 30.1 Å². The Morgan fingerprint density at radius 2 is 1.78 bits per heavy atom. The monoisotopic (exact) mass is 459 g/mol. The third-order valence-corrected chi connectivity index (χ3v) is 7.80. The van der Waals surface area contributed by atoms with Crippen LogP contribution >= 0.6 is 12.2 Å². The van der Waals surface area contributed by atoms with E-state index in [1.165, 1.54) is 6.42 Å². The fourth-order valence-electron chi connectivity index (χ4n) is 5.63. The van der Waals surface area contributed by atoms with Crippen LogP contribution in [-0.2, 0) is 16.0 Å². The normalized spacial score (nSPS) is 24.3. The molecule has 32 heavy (non-hydrogen) atoms. The Bertz CT molecular complexity index is 822. The molecule has 1 saturated carbocycles. The van der Waals surface area contributed by atoms with Crippen LogP contribution in [0.4, 0.5) is 0 Å². The van der Waals surface area contributed by atoms with Crippen molar-refractivity contribution in [1.82, 2.24) is 15.2 Å². The largest absolute Gasteiger partial charge is 0.350 e. The summed E-state index contributed by atoms with van der Waals surface area (Å²) < 4.78 is -0.155. The first-order valence-corrected chi connectivity index (χ1v) is 12.5. The molecule has 1 aromatic rings. The molecule has 0 bridgehead atoms. The first-order valence-electron chi connectivity index (χ1n) is 12.1. The summed E-state index contributed by atoms with van der Waals surface area (Å²) in [5, 5.41) is 14.2. The lowest BCUT2D eigenvalue weighted by atomic mass is 9.95. The number of aromatic nitrogens is 1. The number of aliphatic hydroxyl groups excluding tert-OH is 1. The third kappa shape index (κ3) is 4.87. The highest BCUT2D eigenvalue weighted by Gasteiger charge is 2.54. The molecule has 0 radical (unpaired) electrons. The summed E-state index contributed by atoms with van der Waals surface area (Å²) in [6.07, 6.45) is 11.3. The van der Waals surface area contributed by atoms with E-state index in [4.69, 9.17) is 12.2 Å². The number of rotatable bonds is 6. The fourth-order valence-corrected chi connectivity index (χ4v) is 6.01. The summed E-state index contributed by atoms with van der Waals surface area (Å²) >= 11 is 5.73. The number of hydrogen-bond donors (Lipinski definition) is 2. The van der Waals surface area contributed by atoms with Gasteiger partial charge in [0.25, 0.3) is 6.23 Å². The van der Waals surface area contributed by atoms with Gasteiger partial charge >= 0.3 is 11.8 Å². The summed E-state index contributed by atoms with van der Waals surface area (Å²) in [6, 6.07) is 3.61. The van der Waals surface area contributed by atoms with Crippen molar-refractivity contribution in [3.8, 4) is 0 Å². The minimum atomic E-state index is -1.34. The number of aliphatic hydroxyl groups is 1. The van der Waals surface area contributed by atoms with E-state index in [0.29, 0.717) is 25.9 Å². The van der Waals surface area contributed by atoms with Crippen molar-refractivity contribution in [2.45, 2.75) is 82.5 Å². The van der Waals surface area contributed by atoms with Gasteiger partial charge in [0.1, 0.15) is 6.04 Å². The van der Waals surface area contributed by atoms with Gasteiger partial charge in [0, 0.05) is 44.2 Å². The van der Waals surface area contributed by atoms with E-state index >= 15 is 0 Å². The molecule has 2 saturated heterocycles. The fraction of sp³-hybridized carbons (Fsp3) is 0.667. The average molecular weight is 460 g/mol. The average Bonchev–Trinajstić information content (AvgIpc) is 3.50. The second-order valence-corrected chi connectivity index (χ2v) is 9.99. The molecule has 174 valence electrons. The Kier molecular flexibility index (Phi) is 7.53. The van der Waals surface area contributed by atoms with Crippen LogP contribution in [-0.4, -0.2) is 74.2 Å². The number of carbonyl (C=O) groups excluding carboxylic acids is 2. The molecule has 2 N–H and O–H groups in total. The van der Waals surface area contributed by atoms with Gasteiger partial charge in [0.05, 0.1) is 18.1 Å². The van der Waals surface area contributed by atoms with Gasteiger partial charge in [-0.25, -0.2) is 9.28 Å². The predicted molar refractivity (Wildman–Crippen MR) is 126 cm³/mol. The standard InChI is InChI=1S/C24H34N4O3S/c29-22(26-19-7-2-1-3-8-19)24(31)28(15-4-5-16-28)23(30)20-9-6-14-27(20)21(32)17-18-10-12-25-13-11-18/h10-13,19-20,24,31H,1-9,14-17H2/p+1. The van der Waals surface area contributed by atoms with Gasteiger partial charge in [0.15, 0.2) is 0 Å². The molecule has 2 atom stereocenters. The van der Waals surface area contributed by atoms with Crippen LogP contribution in [0.3, 0.4) is 0 Å². The molecule has 3 fully saturated rings. The van der Waals surface area contributed by atoms with Crippen molar-refractivity contribution in [2.24, 2.45) is 0 Å². The lowest BCUT2D eigenvalue weighted by Gasteiger charge is -2.39. The van der Waals surface area contributed by atoms with E-state index < -0.39 is 12.1 Å². The molecule has 4 rings (SSSR count). The second-order valence-electron chi connectivity index (χ2n) is 9.52. The lowest BCUT2D eigenvalue weighted by molar-refractivity contribution is -0.881. The number of likely N-dealkylation sites (tertiary alicyclic amines) is 2. The highest BCUT2D eigenvalue weighted by Crippen LogP contribution is 2.31. The zero-order valence-electron chi connectivity index (χ0n) is 18.7. The maximum Gasteiger partial charge on any atom is 0.338 e. The van der Waals surface area contributed by atoms with Crippen LogP contribution < -0.4 is 5.32 Å². The predicted octanol–water partition coefficient (Wildman–Crippen LogP) is 2.32. The van der Waals surface area contributed by atoms with Crippen molar-refractivity contribution in [1.29, 1.82) is 0 Å². The number of carbonyl (C=O) groups is 2. The van der Waals surface area contributed by atoms with Crippen LogP contribution in [0.25, 0.3) is 0 Å². The lowest BCUT2D eigenvalue weighted by Crippen LogP contribution is -2.67. The maximum absolute atomic E-state index is 13.9. The number of quaternary nitrogens is 1. The number of nitrogens with zero attached hydrogens (tertiary/aromatic N) is 3. The minimum Gasteiger partial charge on any atom is -0.350 e. The molecule has 1 aliphatic carbocycles. The first-order chi connectivity index (χ1) is 15.5. The third-order valence-electron chi connectivity index (χ3n) is 7.42. The van der Waals surface area contributed by atoms with Crippen LogP contribution in [0.2, 0.25) is 0 Å². The van der Waals surface area contributed by atoms with Crippen LogP contribution in [0, 0.1) is 0 Å². The Labute approximate surface area is 195 Å². The van der Waals surface area contributed by atoms with Gasteiger partial charge in [-0.3, -0.25) is 9.78 Å². The molecule has 8 heteroatoms. The highest BCUT2D eigenvalue weighted by molar-refractivity contribution is 7.80. The van der Waals surface area contributed by atoms with E-state index in [1.807, 2.05) is 17.0 Å². The van der Waals surface area contributed by atoms with Gasteiger partial charge in [0.2, 0.25) is 0 Å². The molecule has 1 aromatic heterocycles.